The summed E-state index contributed by atoms with van der Waals surface area (Å²) in [6, 6.07) is 0. The summed E-state index contributed by atoms with van der Waals surface area (Å²) in [6.07, 6.45) is 4.18. The summed E-state index contributed by atoms with van der Waals surface area (Å²) in [5.74, 6) is 0.0596. The van der Waals surface area contributed by atoms with Gasteiger partial charge in [-0.15, -0.1) is 0 Å². The van der Waals surface area contributed by atoms with Crippen molar-refractivity contribution < 1.29 is 9.90 Å². The summed E-state index contributed by atoms with van der Waals surface area (Å²) in [6.45, 7) is 10.0. The van der Waals surface area contributed by atoms with Crippen LogP contribution in [-0.4, -0.2) is 16.5 Å². The van der Waals surface area contributed by atoms with Gasteiger partial charge in [0.05, 0.1) is 11.5 Å². The van der Waals surface area contributed by atoms with Gasteiger partial charge in [0.1, 0.15) is 5.78 Å². The number of carbonyl (C=O) groups excluding carboxylic acids is 1. The highest BCUT2D eigenvalue weighted by Crippen LogP contribution is 2.49. The third kappa shape index (κ3) is 1.99. The van der Waals surface area contributed by atoms with Crippen molar-refractivity contribution in [2.75, 3.05) is 0 Å². The Balaban J connectivity index is 2.38. The number of Topliss-reactive ketones (excluding diaryl/α,β-unsaturated/α-hetero) is 1. The highest BCUT2D eigenvalue weighted by Gasteiger charge is 2.52. The van der Waals surface area contributed by atoms with Crippen LogP contribution in [0.1, 0.15) is 40.0 Å². The number of hydrogen-bond acceptors (Lipinski definition) is 2. The number of rotatable bonds is 1. The maximum Gasteiger partial charge on any atom is 0.146 e. The van der Waals surface area contributed by atoms with Crippen molar-refractivity contribution >= 4 is 5.78 Å². The molecular weight excluding hydrogens is 212 g/mol. The van der Waals surface area contributed by atoms with E-state index in [1.54, 1.807) is 0 Å². The SMILES string of the molecule is C=C1CCC2(O)CC1C(C)C(=O)C2C=C(C)C. The quantitative estimate of drug-likeness (QED) is 0.708. The molecule has 0 aromatic rings. The minimum atomic E-state index is -0.827. The van der Waals surface area contributed by atoms with Crippen molar-refractivity contribution in [1.29, 1.82) is 0 Å². The molecule has 2 nitrogen and oxygen atoms in total. The zero-order chi connectivity index (χ0) is 12.8. The molecule has 0 aliphatic heterocycles. The zero-order valence-corrected chi connectivity index (χ0v) is 11.0. The molecule has 2 saturated carbocycles. The number of ketones is 1. The van der Waals surface area contributed by atoms with Gasteiger partial charge in [-0.2, -0.15) is 0 Å². The van der Waals surface area contributed by atoms with Crippen LogP contribution < -0.4 is 0 Å². The van der Waals surface area contributed by atoms with Crippen LogP contribution in [0.15, 0.2) is 23.8 Å². The van der Waals surface area contributed by atoms with Gasteiger partial charge in [0.15, 0.2) is 0 Å². The lowest BCUT2D eigenvalue weighted by Gasteiger charge is -2.49. The molecule has 2 rings (SSSR count). The molecule has 4 atom stereocenters. The molecule has 2 aliphatic rings. The van der Waals surface area contributed by atoms with Crippen LogP contribution in [0.3, 0.4) is 0 Å². The van der Waals surface area contributed by atoms with Gasteiger partial charge in [0, 0.05) is 5.92 Å². The first-order valence-electron chi connectivity index (χ1n) is 6.44. The maximum absolute atomic E-state index is 12.4. The highest BCUT2D eigenvalue weighted by molar-refractivity contribution is 5.88. The highest BCUT2D eigenvalue weighted by atomic mass is 16.3. The number of fused-ring (bicyclic) bond motifs is 2. The molecule has 2 heteroatoms. The summed E-state index contributed by atoms with van der Waals surface area (Å²) < 4.78 is 0. The Morgan fingerprint density at radius 3 is 2.76 bits per heavy atom. The number of allylic oxidation sites excluding steroid dienone is 2. The molecule has 17 heavy (non-hydrogen) atoms. The van der Waals surface area contributed by atoms with Crippen LogP contribution in [0.25, 0.3) is 0 Å². The molecule has 0 radical (unpaired) electrons. The van der Waals surface area contributed by atoms with E-state index >= 15 is 0 Å². The van der Waals surface area contributed by atoms with E-state index in [2.05, 4.69) is 6.58 Å². The Morgan fingerprint density at radius 1 is 1.53 bits per heavy atom. The smallest absolute Gasteiger partial charge is 0.146 e. The average molecular weight is 234 g/mol. The molecular formula is C15H22O2. The summed E-state index contributed by atoms with van der Waals surface area (Å²) in [4.78, 5) is 12.4. The molecule has 1 N–H and O–H groups in total. The topological polar surface area (TPSA) is 37.3 Å². The largest absolute Gasteiger partial charge is 0.389 e. The van der Waals surface area contributed by atoms with Crippen LogP contribution in [0, 0.1) is 17.8 Å². The fourth-order valence-corrected chi connectivity index (χ4v) is 3.32. The van der Waals surface area contributed by atoms with E-state index in [9.17, 15) is 9.90 Å². The van der Waals surface area contributed by atoms with Crippen LogP contribution in [-0.2, 0) is 4.79 Å². The Morgan fingerprint density at radius 2 is 2.18 bits per heavy atom. The van der Waals surface area contributed by atoms with Gasteiger partial charge < -0.3 is 5.11 Å². The minimum Gasteiger partial charge on any atom is -0.389 e. The molecule has 94 valence electrons. The number of carbonyl (C=O) groups is 1. The van der Waals surface area contributed by atoms with Crippen molar-refractivity contribution in [3.63, 3.8) is 0 Å². The molecule has 0 heterocycles. The molecule has 0 saturated heterocycles. The van der Waals surface area contributed by atoms with Gasteiger partial charge in [0.2, 0.25) is 0 Å². The first-order valence-corrected chi connectivity index (χ1v) is 6.44. The second-order valence-corrected chi connectivity index (χ2v) is 5.99. The van der Waals surface area contributed by atoms with Crippen molar-refractivity contribution in [3.05, 3.63) is 23.8 Å². The summed E-state index contributed by atoms with van der Waals surface area (Å²) in [5.41, 5.74) is 1.42. The Kier molecular flexibility index (Phi) is 3.03. The van der Waals surface area contributed by atoms with Crippen LogP contribution in [0.4, 0.5) is 0 Å². The maximum atomic E-state index is 12.4. The molecule has 2 aliphatic carbocycles. The molecule has 2 fully saturated rings. The molecule has 0 amide bonds. The lowest BCUT2D eigenvalue weighted by molar-refractivity contribution is -0.146. The average Bonchev–Trinajstić information content (AvgIpc) is 2.26. The van der Waals surface area contributed by atoms with E-state index < -0.39 is 5.60 Å². The third-order valence-electron chi connectivity index (χ3n) is 4.41. The van der Waals surface area contributed by atoms with E-state index in [-0.39, 0.29) is 23.5 Å². The van der Waals surface area contributed by atoms with Crippen molar-refractivity contribution in [3.8, 4) is 0 Å². The van der Waals surface area contributed by atoms with Gasteiger partial charge >= 0.3 is 0 Å². The third-order valence-corrected chi connectivity index (χ3v) is 4.41. The Bertz CT molecular complexity index is 390. The van der Waals surface area contributed by atoms with Crippen molar-refractivity contribution in [1.82, 2.24) is 0 Å². The lowest BCUT2D eigenvalue weighted by atomic mass is 9.58. The summed E-state index contributed by atoms with van der Waals surface area (Å²) in [7, 11) is 0. The normalized spacial score (nSPS) is 41.3. The lowest BCUT2D eigenvalue weighted by Crippen LogP contribution is -2.54. The van der Waals surface area contributed by atoms with E-state index in [1.165, 1.54) is 0 Å². The molecule has 0 aromatic heterocycles. The van der Waals surface area contributed by atoms with Gasteiger partial charge in [-0.1, -0.05) is 30.7 Å². The summed E-state index contributed by atoms with van der Waals surface area (Å²) >= 11 is 0. The minimum absolute atomic E-state index is 0.00340. The fraction of sp³-hybridized carbons (Fsp3) is 0.667. The van der Waals surface area contributed by atoms with Gasteiger partial charge in [0.25, 0.3) is 0 Å². The second-order valence-electron chi connectivity index (χ2n) is 5.99. The molecule has 0 aromatic carbocycles. The summed E-state index contributed by atoms with van der Waals surface area (Å²) in [5, 5.41) is 10.7. The van der Waals surface area contributed by atoms with Crippen LogP contribution in [0.5, 0.6) is 0 Å². The van der Waals surface area contributed by atoms with E-state index in [0.29, 0.717) is 12.8 Å². The monoisotopic (exact) mass is 234 g/mol. The van der Waals surface area contributed by atoms with E-state index in [0.717, 1.165) is 17.6 Å². The molecule has 2 bridgehead atoms. The molecule has 0 spiro atoms. The first kappa shape index (κ1) is 12.6. The number of hydrogen-bond donors (Lipinski definition) is 1. The molecule has 4 unspecified atom stereocenters. The second kappa shape index (κ2) is 4.09. The Hall–Kier alpha value is -0.890. The van der Waals surface area contributed by atoms with Crippen molar-refractivity contribution in [2.24, 2.45) is 17.8 Å². The van der Waals surface area contributed by atoms with Gasteiger partial charge in [-0.25, -0.2) is 0 Å². The van der Waals surface area contributed by atoms with Gasteiger partial charge in [-0.3, -0.25) is 4.79 Å². The fourth-order valence-electron chi connectivity index (χ4n) is 3.32. The van der Waals surface area contributed by atoms with E-state index in [4.69, 9.17) is 0 Å². The Labute approximate surface area is 103 Å². The standard InChI is InChI=1S/C15H22O2/c1-9(2)7-13-14(16)11(4)12-8-15(13,17)6-5-10(12)3/h7,11-13,17H,3,5-6,8H2,1-2,4H3. The predicted octanol–water partition coefficient (Wildman–Crippen LogP) is 2.88. The zero-order valence-electron chi connectivity index (χ0n) is 11.0. The van der Waals surface area contributed by atoms with E-state index in [1.807, 2.05) is 26.8 Å². The predicted molar refractivity (Wildman–Crippen MR) is 68.5 cm³/mol. The van der Waals surface area contributed by atoms with Crippen LogP contribution in [0.2, 0.25) is 0 Å². The van der Waals surface area contributed by atoms with Gasteiger partial charge in [-0.05, 0) is 39.0 Å². The van der Waals surface area contributed by atoms with Crippen molar-refractivity contribution in [2.45, 2.75) is 45.6 Å². The van der Waals surface area contributed by atoms with Crippen LogP contribution >= 0.6 is 0 Å². The first-order chi connectivity index (χ1) is 7.85. The number of aliphatic hydroxyl groups is 1.